The number of nitrogens with one attached hydrogen (secondary N) is 2. The van der Waals surface area contributed by atoms with Crippen molar-refractivity contribution in [2.45, 2.75) is 13.0 Å². The highest BCUT2D eigenvalue weighted by Crippen LogP contribution is 2.10. The average molecular weight is 247 g/mol. The van der Waals surface area contributed by atoms with Crippen LogP contribution in [0.1, 0.15) is 17.4 Å². The molecule has 13 heavy (non-hydrogen) atoms. The van der Waals surface area contributed by atoms with Gasteiger partial charge in [-0.2, -0.15) is 0 Å². The number of halogens is 1. The monoisotopic (exact) mass is 246 g/mol. The third kappa shape index (κ3) is 2.86. The number of aliphatic hydroxyl groups excluding tert-OH is 1. The van der Waals surface area contributed by atoms with Gasteiger partial charge in [0, 0.05) is 16.7 Å². The van der Waals surface area contributed by atoms with Crippen LogP contribution >= 0.6 is 15.9 Å². The molecule has 0 saturated carbocycles. The molecular formula is C8H11BrN2O2. The highest BCUT2D eigenvalue weighted by atomic mass is 79.9. The Balaban J connectivity index is 2.58. The first kappa shape index (κ1) is 10.3. The van der Waals surface area contributed by atoms with E-state index in [0.717, 1.165) is 4.47 Å². The summed E-state index contributed by atoms with van der Waals surface area (Å²) in [6.45, 7) is 1.67. The van der Waals surface area contributed by atoms with Crippen molar-refractivity contribution >= 4 is 21.8 Å². The number of hydrogen-bond acceptors (Lipinski definition) is 2. The fourth-order valence-corrected chi connectivity index (χ4v) is 1.19. The number of carbonyl (C=O) groups excluding carboxylic acids is 1. The van der Waals surface area contributed by atoms with Gasteiger partial charge in [-0.25, -0.2) is 0 Å². The molecule has 4 nitrogen and oxygen atoms in total. The fraction of sp³-hybridized carbons (Fsp3) is 0.375. The first-order chi connectivity index (χ1) is 6.13. The van der Waals surface area contributed by atoms with E-state index in [0.29, 0.717) is 5.69 Å². The molecule has 1 atom stereocenters. The van der Waals surface area contributed by atoms with Crippen LogP contribution in [0.3, 0.4) is 0 Å². The van der Waals surface area contributed by atoms with Gasteiger partial charge in [-0.05, 0) is 28.9 Å². The van der Waals surface area contributed by atoms with Crippen molar-refractivity contribution < 1.29 is 9.90 Å². The molecule has 1 heterocycles. The second-order valence-corrected chi connectivity index (χ2v) is 3.70. The topological polar surface area (TPSA) is 65.1 Å². The van der Waals surface area contributed by atoms with Crippen LogP contribution < -0.4 is 5.32 Å². The lowest BCUT2D eigenvalue weighted by Crippen LogP contribution is -2.35. The van der Waals surface area contributed by atoms with Gasteiger partial charge < -0.3 is 15.4 Å². The number of aromatic amines is 1. The molecule has 72 valence electrons. The summed E-state index contributed by atoms with van der Waals surface area (Å²) in [5.41, 5.74) is 0.479. The summed E-state index contributed by atoms with van der Waals surface area (Å²) in [5, 5.41) is 11.3. The summed E-state index contributed by atoms with van der Waals surface area (Å²) in [6, 6.07) is 1.45. The van der Waals surface area contributed by atoms with Gasteiger partial charge >= 0.3 is 0 Å². The second kappa shape index (κ2) is 4.43. The van der Waals surface area contributed by atoms with Crippen LogP contribution in [0.25, 0.3) is 0 Å². The number of amides is 1. The second-order valence-electron chi connectivity index (χ2n) is 2.79. The molecule has 1 rings (SSSR count). The van der Waals surface area contributed by atoms with Gasteiger partial charge in [-0.3, -0.25) is 4.79 Å². The first-order valence-corrected chi connectivity index (χ1v) is 4.68. The van der Waals surface area contributed by atoms with E-state index in [1.54, 1.807) is 19.2 Å². The van der Waals surface area contributed by atoms with E-state index in [1.807, 2.05) is 0 Å². The van der Waals surface area contributed by atoms with Crippen LogP contribution in [0.2, 0.25) is 0 Å². The van der Waals surface area contributed by atoms with E-state index >= 15 is 0 Å². The van der Waals surface area contributed by atoms with Crippen molar-refractivity contribution in [1.29, 1.82) is 0 Å². The number of aliphatic hydroxyl groups is 1. The van der Waals surface area contributed by atoms with Gasteiger partial charge in [0.15, 0.2) is 0 Å². The Morgan fingerprint density at radius 2 is 2.54 bits per heavy atom. The zero-order valence-corrected chi connectivity index (χ0v) is 8.76. The Kier molecular flexibility index (Phi) is 3.50. The molecule has 0 unspecified atom stereocenters. The minimum absolute atomic E-state index is 0.0619. The molecule has 0 aromatic carbocycles. The third-order valence-corrected chi connectivity index (χ3v) is 2.00. The normalized spacial score (nSPS) is 12.5. The molecular weight excluding hydrogens is 236 g/mol. The zero-order chi connectivity index (χ0) is 9.84. The molecule has 0 aliphatic carbocycles. The molecule has 5 heteroatoms. The predicted molar refractivity (Wildman–Crippen MR) is 52.5 cm³/mol. The third-order valence-electron chi connectivity index (χ3n) is 1.54. The maximum Gasteiger partial charge on any atom is 0.268 e. The summed E-state index contributed by atoms with van der Waals surface area (Å²) < 4.78 is 0.828. The van der Waals surface area contributed by atoms with Crippen LogP contribution in [0.15, 0.2) is 16.7 Å². The van der Waals surface area contributed by atoms with E-state index in [9.17, 15) is 4.79 Å². The maximum atomic E-state index is 11.4. The van der Waals surface area contributed by atoms with Crippen LogP contribution in [-0.4, -0.2) is 28.6 Å². The Bertz CT molecular complexity index is 298. The van der Waals surface area contributed by atoms with Crippen molar-refractivity contribution in [2.75, 3.05) is 6.61 Å². The SMILES string of the molecule is C[C@H](CO)NC(=O)c1cc(Br)c[nH]1. The number of aromatic nitrogens is 1. The van der Waals surface area contributed by atoms with E-state index in [1.165, 1.54) is 0 Å². The summed E-state index contributed by atoms with van der Waals surface area (Å²) >= 11 is 3.22. The van der Waals surface area contributed by atoms with Gasteiger partial charge in [0.25, 0.3) is 5.91 Å². The minimum atomic E-state index is -0.227. The molecule has 0 spiro atoms. The average Bonchev–Trinajstić information content (AvgIpc) is 2.51. The number of H-pyrrole nitrogens is 1. The zero-order valence-electron chi connectivity index (χ0n) is 7.17. The van der Waals surface area contributed by atoms with Gasteiger partial charge in [0.05, 0.1) is 6.61 Å². The van der Waals surface area contributed by atoms with E-state index < -0.39 is 0 Å². The van der Waals surface area contributed by atoms with Crippen molar-refractivity contribution in [3.8, 4) is 0 Å². The van der Waals surface area contributed by atoms with Crippen LogP contribution in [0.4, 0.5) is 0 Å². The standard InChI is InChI=1S/C8H11BrN2O2/c1-5(4-12)11-8(13)7-2-6(9)3-10-7/h2-3,5,10,12H,4H2,1H3,(H,11,13)/t5-/m1/s1. The van der Waals surface area contributed by atoms with Crippen molar-refractivity contribution in [3.63, 3.8) is 0 Å². The van der Waals surface area contributed by atoms with E-state index in [-0.39, 0.29) is 18.6 Å². The number of carbonyl (C=O) groups is 1. The quantitative estimate of drug-likeness (QED) is 0.742. The Labute approximate surface area is 84.5 Å². The van der Waals surface area contributed by atoms with Crippen molar-refractivity contribution in [1.82, 2.24) is 10.3 Å². The maximum absolute atomic E-state index is 11.4. The van der Waals surface area contributed by atoms with Crippen LogP contribution in [-0.2, 0) is 0 Å². The van der Waals surface area contributed by atoms with Gasteiger partial charge in [-0.1, -0.05) is 0 Å². The summed E-state index contributed by atoms with van der Waals surface area (Å²) in [6.07, 6.45) is 1.68. The molecule has 0 fully saturated rings. The summed E-state index contributed by atoms with van der Waals surface area (Å²) in [5.74, 6) is -0.216. The van der Waals surface area contributed by atoms with Gasteiger partial charge in [-0.15, -0.1) is 0 Å². The lowest BCUT2D eigenvalue weighted by atomic mass is 10.3. The Hall–Kier alpha value is -0.810. The molecule has 0 aliphatic heterocycles. The Morgan fingerprint density at radius 1 is 1.85 bits per heavy atom. The molecule has 1 amide bonds. The molecule has 3 N–H and O–H groups in total. The highest BCUT2D eigenvalue weighted by molar-refractivity contribution is 9.10. The summed E-state index contributed by atoms with van der Waals surface area (Å²) in [4.78, 5) is 14.1. The smallest absolute Gasteiger partial charge is 0.268 e. The number of rotatable bonds is 3. The van der Waals surface area contributed by atoms with Gasteiger partial charge in [0.2, 0.25) is 0 Å². The first-order valence-electron chi connectivity index (χ1n) is 3.89. The molecule has 0 radical (unpaired) electrons. The predicted octanol–water partition coefficient (Wildman–Crippen LogP) is 0.888. The van der Waals surface area contributed by atoms with E-state index in [2.05, 4.69) is 26.2 Å². The highest BCUT2D eigenvalue weighted by Gasteiger charge is 2.09. The van der Waals surface area contributed by atoms with Crippen LogP contribution in [0.5, 0.6) is 0 Å². The minimum Gasteiger partial charge on any atom is -0.394 e. The van der Waals surface area contributed by atoms with Crippen LogP contribution in [0, 0.1) is 0 Å². The molecule has 0 bridgehead atoms. The Morgan fingerprint density at radius 3 is 3.00 bits per heavy atom. The molecule has 1 aromatic rings. The van der Waals surface area contributed by atoms with Crippen molar-refractivity contribution in [2.24, 2.45) is 0 Å². The van der Waals surface area contributed by atoms with Gasteiger partial charge in [0.1, 0.15) is 5.69 Å². The summed E-state index contributed by atoms with van der Waals surface area (Å²) in [7, 11) is 0. The lowest BCUT2D eigenvalue weighted by Gasteiger charge is -2.08. The van der Waals surface area contributed by atoms with E-state index in [4.69, 9.17) is 5.11 Å². The fourth-order valence-electron chi connectivity index (χ4n) is 0.846. The lowest BCUT2D eigenvalue weighted by molar-refractivity contribution is 0.0918. The van der Waals surface area contributed by atoms with Crippen molar-refractivity contribution in [3.05, 3.63) is 22.4 Å². The molecule has 1 aromatic heterocycles. The largest absolute Gasteiger partial charge is 0.394 e. The molecule has 0 aliphatic rings. The molecule has 0 saturated heterocycles. The number of hydrogen-bond donors (Lipinski definition) is 3.